The van der Waals surface area contributed by atoms with Gasteiger partial charge in [-0.25, -0.2) is 0 Å². The van der Waals surface area contributed by atoms with Crippen molar-refractivity contribution in [1.82, 2.24) is 0 Å². The van der Waals surface area contributed by atoms with Gasteiger partial charge in [0, 0.05) is 30.9 Å². The van der Waals surface area contributed by atoms with Crippen LogP contribution >= 0.6 is 0 Å². The Balaban J connectivity index is 2.27. The number of hydrogen-bond donors (Lipinski definition) is 0. The molecule has 2 aromatic carbocycles. The molecule has 0 N–H and O–H groups in total. The monoisotopic (exact) mass is 223 g/mol. The molecule has 0 spiro atoms. The van der Waals surface area contributed by atoms with Crippen LogP contribution in [0.3, 0.4) is 0 Å². The third-order valence-electron chi connectivity index (χ3n) is 3.23. The normalized spacial score (nSPS) is 12.2. The molecule has 1 aliphatic rings. The molecule has 0 atom stereocenters. The minimum Gasteiger partial charge on any atom is -0.378 e. The molecular weight excluding hydrogens is 210 g/mol. The van der Waals surface area contributed by atoms with Crippen molar-refractivity contribution in [3.63, 3.8) is 0 Å². The highest BCUT2D eigenvalue weighted by Gasteiger charge is 2.26. The first-order valence-corrected chi connectivity index (χ1v) is 5.64. The Morgan fingerprint density at radius 2 is 1.47 bits per heavy atom. The summed E-state index contributed by atoms with van der Waals surface area (Å²) in [4.78, 5) is 14.2. The Kier molecular flexibility index (Phi) is 2.05. The molecule has 2 aromatic rings. The molecule has 0 amide bonds. The van der Waals surface area contributed by atoms with Crippen molar-refractivity contribution in [3.8, 4) is 11.1 Å². The second-order valence-corrected chi connectivity index (χ2v) is 4.50. The first-order chi connectivity index (χ1) is 8.18. The largest absolute Gasteiger partial charge is 0.378 e. The maximum atomic E-state index is 12.2. The van der Waals surface area contributed by atoms with Crippen molar-refractivity contribution < 1.29 is 4.79 Å². The second-order valence-electron chi connectivity index (χ2n) is 4.50. The van der Waals surface area contributed by atoms with Gasteiger partial charge < -0.3 is 4.90 Å². The molecule has 0 heterocycles. The average Bonchev–Trinajstić information content (AvgIpc) is 2.64. The molecule has 2 heteroatoms. The van der Waals surface area contributed by atoms with Gasteiger partial charge in [-0.2, -0.15) is 0 Å². The number of benzene rings is 2. The van der Waals surface area contributed by atoms with E-state index in [0.29, 0.717) is 0 Å². The molecule has 3 rings (SSSR count). The molecule has 0 saturated heterocycles. The van der Waals surface area contributed by atoms with Gasteiger partial charge in [-0.15, -0.1) is 0 Å². The summed E-state index contributed by atoms with van der Waals surface area (Å²) in [7, 11) is 4.01. The zero-order valence-corrected chi connectivity index (χ0v) is 9.90. The van der Waals surface area contributed by atoms with Crippen LogP contribution in [0.25, 0.3) is 11.1 Å². The van der Waals surface area contributed by atoms with Crippen LogP contribution in [0, 0.1) is 0 Å². The van der Waals surface area contributed by atoms with Gasteiger partial charge in [0.2, 0.25) is 0 Å². The number of carbonyl (C=O) groups excluding carboxylic acids is 1. The molecule has 2 nitrogen and oxygen atoms in total. The highest BCUT2D eigenvalue weighted by molar-refractivity contribution is 6.21. The number of hydrogen-bond acceptors (Lipinski definition) is 2. The number of nitrogens with zero attached hydrogens (tertiary/aromatic N) is 1. The van der Waals surface area contributed by atoms with Gasteiger partial charge >= 0.3 is 0 Å². The highest BCUT2D eigenvalue weighted by Crippen LogP contribution is 2.38. The van der Waals surface area contributed by atoms with E-state index in [1.807, 2.05) is 55.4 Å². The van der Waals surface area contributed by atoms with Crippen molar-refractivity contribution in [1.29, 1.82) is 0 Å². The first kappa shape index (κ1) is 10.1. The van der Waals surface area contributed by atoms with E-state index in [2.05, 4.69) is 6.07 Å². The molecule has 17 heavy (non-hydrogen) atoms. The summed E-state index contributed by atoms with van der Waals surface area (Å²) in [5.41, 5.74) is 4.86. The van der Waals surface area contributed by atoms with Gasteiger partial charge in [0.1, 0.15) is 0 Å². The van der Waals surface area contributed by atoms with E-state index >= 15 is 0 Å². The Morgan fingerprint density at radius 1 is 0.824 bits per heavy atom. The van der Waals surface area contributed by atoms with Gasteiger partial charge in [-0.1, -0.05) is 24.3 Å². The third kappa shape index (κ3) is 1.37. The predicted octanol–water partition coefficient (Wildman–Crippen LogP) is 2.96. The summed E-state index contributed by atoms with van der Waals surface area (Å²) in [5.74, 6) is 0.140. The topological polar surface area (TPSA) is 20.3 Å². The fourth-order valence-electron chi connectivity index (χ4n) is 2.29. The lowest BCUT2D eigenvalue weighted by Gasteiger charge is -2.13. The molecular formula is C15H13NO. The Morgan fingerprint density at radius 3 is 2.18 bits per heavy atom. The van der Waals surface area contributed by atoms with Crippen molar-refractivity contribution >= 4 is 11.5 Å². The quantitative estimate of drug-likeness (QED) is 0.632. The van der Waals surface area contributed by atoms with Crippen LogP contribution in [0.2, 0.25) is 0 Å². The molecule has 1 aliphatic carbocycles. The lowest BCUT2D eigenvalue weighted by Crippen LogP contribution is -2.08. The predicted molar refractivity (Wildman–Crippen MR) is 69.6 cm³/mol. The van der Waals surface area contributed by atoms with E-state index in [1.165, 1.54) is 0 Å². The summed E-state index contributed by atoms with van der Waals surface area (Å²) in [5, 5.41) is 0. The lowest BCUT2D eigenvalue weighted by molar-refractivity contribution is 0.104. The Bertz CT molecular complexity index is 614. The van der Waals surface area contributed by atoms with E-state index < -0.39 is 0 Å². The van der Waals surface area contributed by atoms with Crippen LogP contribution in [0.4, 0.5) is 5.69 Å². The van der Waals surface area contributed by atoms with Crippen molar-refractivity contribution in [3.05, 3.63) is 53.6 Å². The van der Waals surface area contributed by atoms with E-state index in [4.69, 9.17) is 0 Å². The molecule has 0 unspecified atom stereocenters. The maximum Gasteiger partial charge on any atom is 0.194 e. The van der Waals surface area contributed by atoms with E-state index in [1.54, 1.807) is 0 Å². The van der Waals surface area contributed by atoms with E-state index in [-0.39, 0.29) is 5.78 Å². The fraction of sp³-hybridized carbons (Fsp3) is 0.133. The SMILES string of the molecule is CN(C)c1ccc2c(c1)-c1ccccc1C2=O. The third-order valence-corrected chi connectivity index (χ3v) is 3.23. The Hall–Kier alpha value is -2.09. The van der Waals surface area contributed by atoms with Crippen LogP contribution < -0.4 is 4.90 Å². The summed E-state index contributed by atoms with van der Waals surface area (Å²) in [6.07, 6.45) is 0. The van der Waals surface area contributed by atoms with Gasteiger partial charge in [0.25, 0.3) is 0 Å². The average molecular weight is 223 g/mol. The van der Waals surface area contributed by atoms with Crippen LogP contribution in [-0.4, -0.2) is 19.9 Å². The lowest BCUT2D eigenvalue weighted by atomic mass is 10.1. The van der Waals surface area contributed by atoms with E-state index in [9.17, 15) is 4.79 Å². The maximum absolute atomic E-state index is 12.2. The number of rotatable bonds is 1. The standard InChI is InChI=1S/C15H13NO/c1-16(2)10-7-8-13-14(9-10)11-5-3-4-6-12(11)15(13)17/h3-9H,1-2H3. The fourth-order valence-corrected chi connectivity index (χ4v) is 2.29. The van der Waals surface area contributed by atoms with E-state index in [0.717, 1.165) is 27.9 Å². The number of anilines is 1. The van der Waals surface area contributed by atoms with Gasteiger partial charge in [0.15, 0.2) is 5.78 Å². The molecule has 0 radical (unpaired) electrons. The summed E-state index contributed by atoms with van der Waals surface area (Å²) in [6, 6.07) is 13.8. The first-order valence-electron chi connectivity index (χ1n) is 5.64. The summed E-state index contributed by atoms with van der Waals surface area (Å²) in [6.45, 7) is 0. The van der Waals surface area contributed by atoms with Gasteiger partial charge in [-0.05, 0) is 29.3 Å². The van der Waals surface area contributed by atoms with Crippen LogP contribution in [0.15, 0.2) is 42.5 Å². The molecule has 0 bridgehead atoms. The second kappa shape index (κ2) is 3.45. The summed E-state index contributed by atoms with van der Waals surface area (Å²) >= 11 is 0. The molecule has 0 aromatic heterocycles. The summed E-state index contributed by atoms with van der Waals surface area (Å²) < 4.78 is 0. The van der Waals surface area contributed by atoms with Crippen molar-refractivity contribution in [2.24, 2.45) is 0 Å². The minimum atomic E-state index is 0.140. The number of ketones is 1. The van der Waals surface area contributed by atoms with Gasteiger partial charge in [0.05, 0.1) is 0 Å². The highest BCUT2D eigenvalue weighted by atomic mass is 16.1. The van der Waals surface area contributed by atoms with Gasteiger partial charge in [-0.3, -0.25) is 4.79 Å². The van der Waals surface area contributed by atoms with Crippen molar-refractivity contribution in [2.45, 2.75) is 0 Å². The number of carbonyl (C=O) groups is 1. The Labute approximate surface area is 100 Å². The van der Waals surface area contributed by atoms with Crippen molar-refractivity contribution in [2.75, 3.05) is 19.0 Å². The smallest absolute Gasteiger partial charge is 0.194 e. The zero-order chi connectivity index (χ0) is 12.0. The molecule has 0 fully saturated rings. The molecule has 0 saturated carbocycles. The van der Waals surface area contributed by atoms with Crippen LogP contribution in [0.5, 0.6) is 0 Å². The molecule has 0 aliphatic heterocycles. The zero-order valence-electron chi connectivity index (χ0n) is 9.90. The number of fused-ring (bicyclic) bond motifs is 3. The van der Waals surface area contributed by atoms with Crippen LogP contribution in [-0.2, 0) is 0 Å². The van der Waals surface area contributed by atoms with Crippen LogP contribution in [0.1, 0.15) is 15.9 Å². The molecule has 84 valence electrons. The minimum absolute atomic E-state index is 0.140.